The van der Waals surface area contributed by atoms with Gasteiger partial charge in [-0.2, -0.15) is 0 Å². The Morgan fingerprint density at radius 1 is 1.05 bits per heavy atom. The number of amides is 2. The molecule has 0 bridgehead atoms. The maximum atomic E-state index is 12.3. The molecule has 1 aliphatic carbocycles. The van der Waals surface area contributed by atoms with Crippen LogP contribution in [0.4, 0.5) is 4.79 Å². The lowest BCUT2D eigenvalue weighted by molar-refractivity contribution is -0.146. The van der Waals surface area contributed by atoms with E-state index in [9.17, 15) is 9.59 Å². The lowest BCUT2D eigenvalue weighted by Crippen LogP contribution is -2.54. The summed E-state index contributed by atoms with van der Waals surface area (Å²) in [5.74, 6) is -0.293. The summed E-state index contributed by atoms with van der Waals surface area (Å²) in [4.78, 5) is 25.7. The first-order chi connectivity index (χ1) is 9.22. The molecular weight excluding hydrogens is 244 g/mol. The van der Waals surface area contributed by atoms with E-state index in [1.54, 1.807) is 4.90 Å². The third-order valence-electron chi connectivity index (χ3n) is 4.17. The highest BCUT2D eigenvalue weighted by Gasteiger charge is 2.33. The Kier molecular flexibility index (Phi) is 5.05. The number of hydrogen-bond acceptors (Lipinski definition) is 3. The second-order valence-corrected chi connectivity index (χ2v) is 5.51. The highest BCUT2D eigenvalue weighted by Crippen LogP contribution is 2.21. The molecular formula is C14H24N2O3. The van der Waals surface area contributed by atoms with Gasteiger partial charge in [0, 0.05) is 12.6 Å². The van der Waals surface area contributed by atoms with Crippen LogP contribution in [-0.2, 0) is 9.53 Å². The van der Waals surface area contributed by atoms with Crippen LogP contribution in [0.15, 0.2) is 0 Å². The molecule has 1 aliphatic heterocycles. The molecule has 19 heavy (non-hydrogen) atoms. The van der Waals surface area contributed by atoms with Crippen molar-refractivity contribution >= 4 is 12.0 Å². The fourth-order valence-electron chi connectivity index (χ4n) is 3.06. The van der Waals surface area contributed by atoms with Crippen molar-refractivity contribution in [3.8, 4) is 0 Å². The Morgan fingerprint density at radius 2 is 1.74 bits per heavy atom. The first-order valence-electron chi connectivity index (χ1n) is 7.37. The minimum Gasteiger partial charge on any atom is -0.467 e. The maximum Gasteiger partial charge on any atom is 0.328 e. The van der Waals surface area contributed by atoms with Crippen molar-refractivity contribution in [1.82, 2.24) is 10.2 Å². The number of methoxy groups -OCH3 is 1. The van der Waals surface area contributed by atoms with Crippen LogP contribution in [0.1, 0.15) is 51.4 Å². The molecule has 1 saturated heterocycles. The quantitative estimate of drug-likeness (QED) is 0.780. The first kappa shape index (κ1) is 14.2. The predicted octanol–water partition coefficient (Wildman–Crippen LogP) is 2.06. The molecule has 2 rings (SSSR count). The lowest BCUT2D eigenvalue weighted by Gasteiger charge is -2.35. The predicted molar refractivity (Wildman–Crippen MR) is 71.8 cm³/mol. The van der Waals surface area contributed by atoms with E-state index in [4.69, 9.17) is 4.74 Å². The number of ether oxygens (including phenoxy) is 1. The molecule has 1 saturated carbocycles. The number of esters is 1. The monoisotopic (exact) mass is 268 g/mol. The summed E-state index contributed by atoms with van der Waals surface area (Å²) in [5, 5.41) is 3.08. The largest absolute Gasteiger partial charge is 0.467 e. The van der Waals surface area contributed by atoms with E-state index in [0.29, 0.717) is 13.0 Å². The van der Waals surface area contributed by atoms with E-state index in [1.807, 2.05) is 0 Å². The van der Waals surface area contributed by atoms with E-state index in [1.165, 1.54) is 26.4 Å². The number of urea groups is 1. The van der Waals surface area contributed by atoms with Crippen LogP contribution in [0.5, 0.6) is 0 Å². The Labute approximate surface area is 114 Å². The highest BCUT2D eigenvalue weighted by molar-refractivity contribution is 5.84. The van der Waals surface area contributed by atoms with E-state index in [0.717, 1.165) is 25.7 Å². The van der Waals surface area contributed by atoms with Gasteiger partial charge in [-0.3, -0.25) is 0 Å². The van der Waals surface area contributed by atoms with E-state index >= 15 is 0 Å². The molecule has 5 nitrogen and oxygen atoms in total. The lowest BCUT2D eigenvalue weighted by atomic mass is 9.95. The normalized spacial score (nSPS) is 24.9. The van der Waals surface area contributed by atoms with Gasteiger partial charge in [-0.05, 0) is 32.1 Å². The van der Waals surface area contributed by atoms with Crippen molar-refractivity contribution in [3.05, 3.63) is 0 Å². The highest BCUT2D eigenvalue weighted by atomic mass is 16.5. The van der Waals surface area contributed by atoms with Crippen LogP contribution in [0, 0.1) is 0 Å². The zero-order valence-corrected chi connectivity index (χ0v) is 11.7. The Balaban J connectivity index is 1.92. The summed E-state index contributed by atoms with van der Waals surface area (Å²) in [5.41, 5.74) is 0. The minimum absolute atomic E-state index is 0.0954. The fourth-order valence-corrected chi connectivity index (χ4v) is 3.06. The second kappa shape index (κ2) is 6.78. The summed E-state index contributed by atoms with van der Waals surface area (Å²) in [6.45, 7) is 0.651. The van der Waals surface area contributed by atoms with Gasteiger partial charge in [-0.1, -0.05) is 19.3 Å². The number of rotatable bonds is 2. The third-order valence-corrected chi connectivity index (χ3v) is 4.17. The Hall–Kier alpha value is -1.26. The van der Waals surface area contributed by atoms with Crippen molar-refractivity contribution in [2.24, 2.45) is 0 Å². The molecule has 1 atom stereocenters. The number of nitrogens with zero attached hydrogens (tertiary/aromatic N) is 1. The van der Waals surface area contributed by atoms with Crippen LogP contribution in [0.2, 0.25) is 0 Å². The number of carbonyl (C=O) groups is 2. The molecule has 0 aromatic carbocycles. The molecule has 1 heterocycles. The standard InChI is InChI=1S/C14H24N2O3/c1-19-13(17)12-9-5-6-10-16(12)14(18)15-11-7-3-2-4-8-11/h11-12H,2-10H2,1H3,(H,15,18). The summed E-state index contributed by atoms with van der Waals surface area (Å²) in [6, 6.07) is -0.217. The average Bonchev–Trinajstić information content (AvgIpc) is 2.47. The molecule has 1 N–H and O–H groups in total. The van der Waals surface area contributed by atoms with Gasteiger partial charge in [0.2, 0.25) is 0 Å². The zero-order valence-electron chi connectivity index (χ0n) is 11.7. The number of carbonyl (C=O) groups excluding carboxylic acids is 2. The van der Waals surface area contributed by atoms with E-state index in [-0.39, 0.29) is 18.0 Å². The molecule has 5 heteroatoms. The molecule has 0 spiro atoms. The van der Waals surface area contributed by atoms with Crippen LogP contribution in [-0.4, -0.2) is 42.6 Å². The average molecular weight is 268 g/mol. The van der Waals surface area contributed by atoms with Crippen molar-refractivity contribution in [1.29, 1.82) is 0 Å². The van der Waals surface area contributed by atoms with Gasteiger partial charge in [0.1, 0.15) is 6.04 Å². The zero-order chi connectivity index (χ0) is 13.7. The van der Waals surface area contributed by atoms with Crippen LogP contribution >= 0.6 is 0 Å². The Morgan fingerprint density at radius 3 is 2.42 bits per heavy atom. The second-order valence-electron chi connectivity index (χ2n) is 5.51. The summed E-state index contributed by atoms with van der Waals surface area (Å²) in [7, 11) is 1.38. The maximum absolute atomic E-state index is 12.3. The SMILES string of the molecule is COC(=O)C1CCCCN1C(=O)NC1CCCCC1. The third kappa shape index (κ3) is 3.61. The fraction of sp³-hybridized carbons (Fsp3) is 0.857. The van der Waals surface area contributed by atoms with Crippen molar-refractivity contribution in [2.45, 2.75) is 63.5 Å². The molecule has 108 valence electrons. The van der Waals surface area contributed by atoms with Gasteiger partial charge in [0.25, 0.3) is 0 Å². The molecule has 1 unspecified atom stereocenters. The smallest absolute Gasteiger partial charge is 0.328 e. The summed E-state index contributed by atoms with van der Waals surface area (Å²) >= 11 is 0. The van der Waals surface area contributed by atoms with Gasteiger partial charge in [-0.25, -0.2) is 9.59 Å². The summed E-state index contributed by atoms with van der Waals surface area (Å²) < 4.78 is 4.80. The molecule has 2 amide bonds. The summed E-state index contributed by atoms with van der Waals surface area (Å²) in [6.07, 6.45) is 8.41. The molecule has 0 radical (unpaired) electrons. The number of piperidine rings is 1. The Bertz CT molecular complexity index is 327. The van der Waals surface area contributed by atoms with Gasteiger partial charge in [-0.15, -0.1) is 0 Å². The van der Waals surface area contributed by atoms with Gasteiger partial charge in [0.15, 0.2) is 0 Å². The molecule has 2 fully saturated rings. The number of nitrogens with one attached hydrogen (secondary N) is 1. The molecule has 2 aliphatic rings. The first-order valence-corrected chi connectivity index (χ1v) is 7.37. The van der Waals surface area contributed by atoms with E-state index in [2.05, 4.69) is 5.32 Å². The van der Waals surface area contributed by atoms with Crippen molar-refractivity contribution in [2.75, 3.05) is 13.7 Å². The minimum atomic E-state index is -0.401. The molecule has 0 aromatic rings. The van der Waals surface area contributed by atoms with Crippen LogP contribution < -0.4 is 5.32 Å². The number of likely N-dealkylation sites (tertiary alicyclic amines) is 1. The van der Waals surface area contributed by atoms with Crippen LogP contribution in [0.25, 0.3) is 0 Å². The number of hydrogen-bond donors (Lipinski definition) is 1. The van der Waals surface area contributed by atoms with E-state index < -0.39 is 6.04 Å². The van der Waals surface area contributed by atoms with Crippen LogP contribution in [0.3, 0.4) is 0 Å². The topological polar surface area (TPSA) is 58.6 Å². The van der Waals surface area contributed by atoms with Crippen molar-refractivity contribution in [3.63, 3.8) is 0 Å². The van der Waals surface area contributed by atoms with Gasteiger partial charge >= 0.3 is 12.0 Å². The van der Waals surface area contributed by atoms with Gasteiger partial charge < -0.3 is 15.0 Å². The molecule has 0 aromatic heterocycles. The van der Waals surface area contributed by atoms with Crippen molar-refractivity contribution < 1.29 is 14.3 Å². The van der Waals surface area contributed by atoms with Gasteiger partial charge in [0.05, 0.1) is 7.11 Å².